The Bertz CT molecular complexity index is 1060. The number of hydrogen-bond donors (Lipinski definition) is 2. The molecule has 0 saturated heterocycles. The van der Waals surface area contributed by atoms with E-state index >= 15 is 0 Å². The van der Waals surface area contributed by atoms with Crippen LogP contribution in [-0.4, -0.2) is 43.5 Å². The molecule has 136 valence electrons. The summed E-state index contributed by atoms with van der Waals surface area (Å²) in [7, 11) is 1.78. The highest BCUT2D eigenvalue weighted by molar-refractivity contribution is 5.76. The van der Waals surface area contributed by atoms with Gasteiger partial charge in [0.05, 0.1) is 5.69 Å². The second-order valence-electron chi connectivity index (χ2n) is 6.34. The van der Waals surface area contributed by atoms with Crippen molar-refractivity contribution < 1.29 is 14.5 Å². The first-order valence-corrected chi connectivity index (χ1v) is 8.36. The minimum Gasteiger partial charge on any atom is -0.480 e. The van der Waals surface area contributed by atoms with Gasteiger partial charge in [-0.1, -0.05) is 30.3 Å². The summed E-state index contributed by atoms with van der Waals surface area (Å²) in [5.74, 6) is -0.907. The highest BCUT2D eigenvalue weighted by atomic mass is 16.6. The van der Waals surface area contributed by atoms with Crippen LogP contribution in [0.25, 0.3) is 22.3 Å². The van der Waals surface area contributed by atoms with Crippen LogP contribution in [0, 0.1) is 0 Å². The second-order valence-corrected chi connectivity index (χ2v) is 6.34. The van der Waals surface area contributed by atoms with Crippen molar-refractivity contribution in [1.29, 1.82) is 0 Å². The lowest BCUT2D eigenvalue weighted by Gasteiger charge is -2.25. The number of aromatic nitrogens is 4. The van der Waals surface area contributed by atoms with Crippen molar-refractivity contribution in [3.8, 4) is 11.3 Å². The van der Waals surface area contributed by atoms with Crippen LogP contribution < -0.4 is 0 Å². The van der Waals surface area contributed by atoms with Crippen molar-refractivity contribution in [1.82, 2.24) is 25.4 Å². The number of nitrogens with one attached hydrogen (secondary N) is 1. The third-order valence-electron chi connectivity index (χ3n) is 4.46. The smallest absolute Gasteiger partial charge is 0.325 e. The fourth-order valence-corrected chi connectivity index (χ4v) is 3.15. The first kappa shape index (κ1) is 16.9. The van der Waals surface area contributed by atoms with Gasteiger partial charge < -0.3 is 5.11 Å². The van der Waals surface area contributed by atoms with E-state index in [0.717, 1.165) is 16.8 Å². The molecule has 0 unspecified atom stereocenters. The van der Waals surface area contributed by atoms with Crippen molar-refractivity contribution in [2.45, 2.75) is 12.6 Å². The SMILES string of the molecule is CN(Cc1ccc2nonc2c1)[C@@H](C(=O)O)c1ccc(-c2ccn[nH]2)cc1. The molecule has 4 aromatic rings. The monoisotopic (exact) mass is 363 g/mol. The maximum Gasteiger partial charge on any atom is 0.325 e. The van der Waals surface area contributed by atoms with E-state index in [0.29, 0.717) is 23.1 Å². The topological polar surface area (TPSA) is 108 Å². The molecule has 0 amide bonds. The van der Waals surface area contributed by atoms with Crippen LogP contribution in [0.15, 0.2) is 59.4 Å². The van der Waals surface area contributed by atoms with E-state index in [1.807, 2.05) is 48.5 Å². The Morgan fingerprint density at radius 1 is 1.15 bits per heavy atom. The quantitative estimate of drug-likeness (QED) is 0.542. The summed E-state index contributed by atoms with van der Waals surface area (Å²) in [6, 6.07) is 14.1. The molecule has 0 aliphatic heterocycles. The number of benzene rings is 2. The third-order valence-corrected chi connectivity index (χ3v) is 4.46. The molecule has 8 nitrogen and oxygen atoms in total. The summed E-state index contributed by atoms with van der Waals surface area (Å²) in [5, 5.41) is 24.2. The fourth-order valence-electron chi connectivity index (χ4n) is 3.15. The summed E-state index contributed by atoms with van der Waals surface area (Å²) in [4.78, 5) is 13.7. The molecule has 0 saturated carbocycles. The summed E-state index contributed by atoms with van der Waals surface area (Å²) in [5.41, 5.74) is 4.80. The van der Waals surface area contributed by atoms with Gasteiger partial charge in [0.15, 0.2) is 0 Å². The first-order valence-electron chi connectivity index (χ1n) is 8.36. The number of nitrogens with zero attached hydrogens (tertiary/aromatic N) is 4. The Hall–Kier alpha value is -3.52. The molecule has 0 radical (unpaired) electrons. The lowest BCUT2D eigenvalue weighted by atomic mass is 10.0. The predicted molar refractivity (Wildman–Crippen MR) is 97.7 cm³/mol. The van der Waals surface area contributed by atoms with Crippen LogP contribution in [0.4, 0.5) is 0 Å². The maximum atomic E-state index is 11.9. The summed E-state index contributed by atoms with van der Waals surface area (Å²) in [6.45, 7) is 0.446. The molecule has 4 rings (SSSR count). The van der Waals surface area contributed by atoms with E-state index in [1.54, 1.807) is 18.1 Å². The zero-order chi connectivity index (χ0) is 18.8. The zero-order valence-electron chi connectivity index (χ0n) is 14.5. The van der Waals surface area contributed by atoms with Crippen molar-refractivity contribution >= 4 is 17.0 Å². The van der Waals surface area contributed by atoms with Crippen molar-refractivity contribution in [2.24, 2.45) is 0 Å². The molecule has 0 aliphatic rings. The van der Waals surface area contributed by atoms with E-state index in [-0.39, 0.29) is 0 Å². The van der Waals surface area contributed by atoms with Crippen LogP contribution in [0.5, 0.6) is 0 Å². The summed E-state index contributed by atoms with van der Waals surface area (Å²) >= 11 is 0. The number of carbonyl (C=O) groups is 1. The van der Waals surface area contributed by atoms with Gasteiger partial charge in [0.25, 0.3) is 0 Å². The van der Waals surface area contributed by atoms with Gasteiger partial charge in [-0.2, -0.15) is 5.10 Å². The van der Waals surface area contributed by atoms with E-state index in [2.05, 4.69) is 20.5 Å². The maximum absolute atomic E-state index is 11.9. The van der Waals surface area contributed by atoms with Crippen molar-refractivity contribution in [2.75, 3.05) is 7.05 Å². The standard InChI is InChI=1S/C19H17N5O3/c1-24(11-12-2-7-16-17(10-12)23-27-22-16)18(19(25)26)14-5-3-13(4-6-14)15-8-9-20-21-15/h2-10,18H,11H2,1H3,(H,20,21)(H,25,26)/t18-/m1/s1. The number of aliphatic carboxylic acids is 1. The Balaban J connectivity index is 1.56. The minimum atomic E-state index is -0.907. The van der Waals surface area contributed by atoms with Crippen LogP contribution >= 0.6 is 0 Å². The van der Waals surface area contributed by atoms with Crippen LogP contribution in [0.3, 0.4) is 0 Å². The molecule has 1 atom stereocenters. The van der Waals surface area contributed by atoms with E-state index in [9.17, 15) is 9.90 Å². The van der Waals surface area contributed by atoms with Gasteiger partial charge in [-0.15, -0.1) is 0 Å². The van der Waals surface area contributed by atoms with E-state index < -0.39 is 12.0 Å². The molecule has 2 aromatic heterocycles. The van der Waals surface area contributed by atoms with Crippen molar-refractivity contribution in [3.05, 3.63) is 65.9 Å². The van der Waals surface area contributed by atoms with Crippen LogP contribution in [0.1, 0.15) is 17.2 Å². The largest absolute Gasteiger partial charge is 0.480 e. The third kappa shape index (κ3) is 3.42. The van der Waals surface area contributed by atoms with E-state index in [1.165, 1.54) is 0 Å². The molecular weight excluding hydrogens is 346 g/mol. The van der Waals surface area contributed by atoms with Crippen LogP contribution in [0.2, 0.25) is 0 Å². The fraction of sp³-hybridized carbons (Fsp3) is 0.158. The highest BCUT2D eigenvalue weighted by Crippen LogP contribution is 2.25. The average molecular weight is 363 g/mol. The summed E-state index contributed by atoms with van der Waals surface area (Å²) < 4.78 is 4.71. The summed E-state index contributed by atoms with van der Waals surface area (Å²) in [6.07, 6.45) is 1.68. The van der Waals surface area contributed by atoms with Crippen LogP contribution in [-0.2, 0) is 11.3 Å². The molecule has 2 aromatic carbocycles. The highest BCUT2D eigenvalue weighted by Gasteiger charge is 2.25. The molecular formula is C19H17N5O3. The van der Waals surface area contributed by atoms with Gasteiger partial charge in [0.2, 0.25) is 0 Å². The number of aromatic amines is 1. The molecule has 0 bridgehead atoms. The van der Waals surface area contributed by atoms with Gasteiger partial charge in [0.1, 0.15) is 17.1 Å². The van der Waals surface area contributed by atoms with Gasteiger partial charge in [-0.05, 0) is 52.3 Å². The Morgan fingerprint density at radius 2 is 1.93 bits per heavy atom. The number of hydrogen-bond acceptors (Lipinski definition) is 6. The molecule has 0 spiro atoms. The number of rotatable bonds is 6. The molecule has 0 aliphatic carbocycles. The Morgan fingerprint density at radius 3 is 2.63 bits per heavy atom. The number of H-pyrrole nitrogens is 1. The Labute approximate surface area is 154 Å². The van der Waals surface area contributed by atoms with Gasteiger partial charge in [-0.25, -0.2) is 4.63 Å². The minimum absolute atomic E-state index is 0.446. The van der Waals surface area contributed by atoms with E-state index in [4.69, 9.17) is 4.63 Å². The average Bonchev–Trinajstić information content (AvgIpc) is 3.33. The molecule has 2 heterocycles. The molecule has 2 N–H and O–H groups in total. The second kappa shape index (κ2) is 7.00. The van der Waals surface area contributed by atoms with Crippen molar-refractivity contribution in [3.63, 3.8) is 0 Å². The number of carboxylic acid groups (broad SMARTS) is 1. The number of carboxylic acids is 1. The number of likely N-dealkylation sites (N-methyl/N-ethyl adjacent to an activating group) is 1. The molecule has 27 heavy (non-hydrogen) atoms. The number of fused-ring (bicyclic) bond motifs is 1. The normalized spacial score (nSPS) is 12.5. The Kier molecular flexibility index (Phi) is 4.39. The molecule has 0 fully saturated rings. The molecule has 8 heteroatoms. The lowest BCUT2D eigenvalue weighted by Crippen LogP contribution is -2.30. The lowest BCUT2D eigenvalue weighted by molar-refractivity contribution is -0.143. The van der Waals surface area contributed by atoms with Gasteiger partial charge in [0, 0.05) is 12.7 Å². The zero-order valence-corrected chi connectivity index (χ0v) is 14.5. The first-order chi connectivity index (χ1) is 13.1. The van der Waals surface area contributed by atoms with Gasteiger partial charge in [-0.3, -0.25) is 14.8 Å². The van der Waals surface area contributed by atoms with Gasteiger partial charge >= 0.3 is 5.97 Å². The predicted octanol–water partition coefficient (Wildman–Crippen LogP) is 2.87.